The van der Waals surface area contributed by atoms with Gasteiger partial charge in [-0.25, -0.2) is 9.38 Å². The molecule has 0 atom stereocenters. The number of hydrogen-bond acceptors (Lipinski definition) is 4. The van der Waals surface area contributed by atoms with Crippen molar-refractivity contribution < 1.29 is 4.39 Å². The molecule has 0 unspecified atom stereocenters. The predicted molar refractivity (Wildman–Crippen MR) is 125 cm³/mol. The van der Waals surface area contributed by atoms with E-state index in [9.17, 15) is 4.39 Å². The summed E-state index contributed by atoms with van der Waals surface area (Å²) in [6.07, 6.45) is 3.71. The third kappa shape index (κ3) is 6.41. The summed E-state index contributed by atoms with van der Waals surface area (Å²) in [5.41, 5.74) is 0.940. The molecule has 1 saturated heterocycles. The summed E-state index contributed by atoms with van der Waals surface area (Å²) in [6, 6.07) is 7.09. The van der Waals surface area contributed by atoms with Crippen LogP contribution in [-0.2, 0) is 13.6 Å². The Bertz CT molecular complexity index is 828. The number of aryl methyl sites for hydroxylation is 1. The van der Waals surface area contributed by atoms with Crippen molar-refractivity contribution >= 4 is 35.6 Å². The van der Waals surface area contributed by atoms with Crippen molar-refractivity contribution in [2.75, 3.05) is 24.5 Å². The number of benzene rings is 1. The summed E-state index contributed by atoms with van der Waals surface area (Å²) >= 11 is 0. The van der Waals surface area contributed by atoms with E-state index in [1.165, 1.54) is 6.07 Å². The predicted octanol–water partition coefficient (Wildman–Crippen LogP) is 2.77. The van der Waals surface area contributed by atoms with Crippen molar-refractivity contribution in [1.29, 1.82) is 0 Å². The first-order valence-electron chi connectivity index (χ1n) is 9.58. The summed E-state index contributed by atoms with van der Waals surface area (Å²) in [4.78, 5) is 6.87. The second-order valence-electron chi connectivity index (χ2n) is 6.94. The molecule has 0 spiro atoms. The van der Waals surface area contributed by atoms with Crippen molar-refractivity contribution in [1.82, 2.24) is 25.4 Å². The molecule has 0 aliphatic carbocycles. The Balaban J connectivity index is 0.00000300. The first-order chi connectivity index (χ1) is 13.6. The fourth-order valence-corrected chi connectivity index (χ4v) is 3.21. The molecule has 0 bridgehead atoms. The normalized spacial score (nSPS) is 15.0. The van der Waals surface area contributed by atoms with Crippen LogP contribution in [0.1, 0.15) is 24.5 Å². The van der Waals surface area contributed by atoms with Gasteiger partial charge < -0.3 is 20.1 Å². The van der Waals surface area contributed by atoms with E-state index in [4.69, 9.17) is 0 Å². The topological polar surface area (TPSA) is 70.4 Å². The second-order valence-corrected chi connectivity index (χ2v) is 6.94. The number of piperidine rings is 1. The van der Waals surface area contributed by atoms with Gasteiger partial charge in [-0.15, -0.1) is 40.8 Å². The second kappa shape index (κ2) is 11.1. The lowest BCUT2D eigenvalue weighted by molar-refractivity contribution is 0.461. The van der Waals surface area contributed by atoms with Crippen LogP contribution in [0.2, 0.25) is 0 Å². The zero-order chi connectivity index (χ0) is 19.9. The fourth-order valence-electron chi connectivity index (χ4n) is 3.21. The van der Waals surface area contributed by atoms with Gasteiger partial charge in [-0.1, -0.05) is 12.1 Å². The molecule has 0 radical (unpaired) electrons. The number of anilines is 1. The average molecular weight is 513 g/mol. The molecule has 1 fully saturated rings. The summed E-state index contributed by atoms with van der Waals surface area (Å²) < 4.78 is 15.4. The molecule has 0 saturated carbocycles. The van der Waals surface area contributed by atoms with Crippen molar-refractivity contribution in [2.24, 2.45) is 12.0 Å². The van der Waals surface area contributed by atoms with Crippen LogP contribution < -0.4 is 15.5 Å². The molecular formula is C20H29FIN7. The van der Waals surface area contributed by atoms with Crippen LogP contribution in [0, 0.1) is 12.7 Å². The standard InChI is InChI=1S/C20H28FN7.HI/c1-4-10-22-20(23-14-19-26-25-15(2)27(19)3)24-17-8-11-28(12-9-17)18-7-5-6-16(21)13-18;/h4-7,13,17H,1,8-12,14H2,2-3H3,(H2,22,23,24);1H. The highest BCUT2D eigenvalue weighted by atomic mass is 127. The first kappa shape index (κ1) is 23.1. The maximum Gasteiger partial charge on any atom is 0.192 e. The quantitative estimate of drug-likeness (QED) is 0.269. The van der Waals surface area contributed by atoms with Gasteiger partial charge in [-0.3, -0.25) is 0 Å². The Kier molecular flexibility index (Phi) is 8.87. The molecule has 0 amide bonds. The molecule has 1 aliphatic heterocycles. The summed E-state index contributed by atoms with van der Waals surface area (Å²) in [5.74, 6) is 2.23. The maximum absolute atomic E-state index is 13.5. The van der Waals surface area contributed by atoms with Crippen molar-refractivity contribution in [3.05, 3.63) is 54.4 Å². The van der Waals surface area contributed by atoms with Gasteiger partial charge in [-0.05, 0) is 38.0 Å². The van der Waals surface area contributed by atoms with Gasteiger partial charge in [0.15, 0.2) is 11.8 Å². The number of guanidine groups is 1. The van der Waals surface area contributed by atoms with Crippen LogP contribution in [0.25, 0.3) is 0 Å². The summed E-state index contributed by atoms with van der Waals surface area (Å²) in [6.45, 7) is 8.50. The molecule has 2 aromatic rings. The van der Waals surface area contributed by atoms with E-state index in [2.05, 4.69) is 37.3 Å². The SMILES string of the molecule is C=CCNC(=NCc1nnc(C)n1C)NC1CCN(c2cccc(F)c2)CC1.I. The highest BCUT2D eigenvalue weighted by Gasteiger charge is 2.20. The van der Waals surface area contributed by atoms with Crippen molar-refractivity contribution in [2.45, 2.75) is 32.4 Å². The van der Waals surface area contributed by atoms with E-state index in [0.717, 1.165) is 49.2 Å². The lowest BCUT2D eigenvalue weighted by Gasteiger charge is -2.34. The van der Waals surface area contributed by atoms with Crippen LogP contribution in [0.5, 0.6) is 0 Å². The van der Waals surface area contributed by atoms with Gasteiger partial charge in [0.2, 0.25) is 0 Å². The lowest BCUT2D eigenvalue weighted by atomic mass is 10.0. The molecule has 1 aromatic carbocycles. The number of nitrogens with one attached hydrogen (secondary N) is 2. The highest BCUT2D eigenvalue weighted by molar-refractivity contribution is 14.0. The minimum Gasteiger partial charge on any atom is -0.371 e. The van der Waals surface area contributed by atoms with E-state index in [-0.39, 0.29) is 29.8 Å². The number of aromatic nitrogens is 3. The van der Waals surface area contributed by atoms with Crippen LogP contribution in [-0.4, -0.2) is 46.4 Å². The molecule has 9 heteroatoms. The Morgan fingerprint density at radius 2 is 2.10 bits per heavy atom. The van der Waals surface area contributed by atoms with Crippen molar-refractivity contribution in [3.8, 4) is 0 Å². The third-order valence-corrected chi connectivity index (χ3v) is 4.98. The smallest absolute Gasteiger partial charge is 0.192 e. The monoisotopic (exact) mass is 513 g/mol. The number of aliphatic imine (C=N–C) groups is 1. The average Bonchev–Trinajstić information content (AvgIpc) is 3.02. The van der Waals surface area contributed by atoms with Gasteiger partial charge in [0.25, 0.3) is 0 Å². The summed E-state index contributed by atoms with van der Waals surface area (Å²) in [7, 11) is 1.94. The minimum atomic E-state index is -0.195. The van der Waals surface area contributed by atoms with Gasteiger partial charge >= 0.3 is 0 Å². The Hall–Kier alpha value is -2.17. The van der Waals surface area contributed by atoms with Crippen molar-refractivity contribution in [3.63, 3.8) is 0 Å². The molecular weight excluding hydrogens is 484 g/mol. The highest BCUT2D eigenvalue weighted by Crippen LogP contribution is 2.20. The molecule has 1 aliphatic rings. The molecule has 158 valence electrons. The number of hydrogen-bond donors (Lipinski definition) is 2. The third-order valence-electron chi connectivity index (χ3n) is 4.98. The van der Waals surface area contributed by atoms with E-state index < -0.39 is 0 Å². The van der Waals surface area contributed by atoms with Crippen LogP contribution in [0.15, 0.2) is 41.9 Å². The Morgan fingerprint density at radius 1 is 1.34 bits per heavy atom. The van der Waals surface area contributed by atoms with Crippen LogP contribution in [0.3, 0.4) is 0 Å². The first-order valence-corrected chi connectivity index (χ1v) is 9.58. The van der Waals surface area contributed by atoms with E-state index in [1.807, 2.05) is 24.6 Å². The zero-order valence-electron chi connectivity index (χ0n) is 16.9. The largest absolute Gasteiger partial charge is 0.371 e. The molecule has 2 N–H and O–H groups in total. The van der Waals surface area contributed by atoms with Gasteiger partial charge in [0, 0.05) is 38.4 Å². The molecule has 29 heavy (non-hydrogen) atoms. The van der Waals surface area contributed by atoms with Gasteiger partial charge in [0.05, 0.1) is 0 Å². The molecule has 1 aromatic heterocycles. The van der Waals surface area contributed by atoms with Gasteiger partial charge in [0.1, 0.15) is 18.2 Å². The zero-order valence-corrected chi connectivity index (χ0v) is 19.3. The number of halogens is 2. The fraction of sp³-hybridized carbons (Fsp3) is 0.450. The summed E-state index contributed by atoms with van der Waals surface area (Å²) in [5, 5.41) is 15.0. The van der Waals surface area contributed by atoms with Crippen LogP contribution in [0.4, 0.5) is 10.1 Å². The maximum atomic E-state index is 13.5. The van der Waals surface area contributed by atoms with Gasteiger partial charge in [-0.2, -0.15) is 0 Å². The number of rotatable bonds is 6. The number of nitrogens with zero attached hydrogens (tertiary/aromatic N) is 5. The molecule has 3 rings (SSSR count). The Labute approximate surface area is 188 Å². The van der Waals surface area contributed by atoms with E-state index in [0.29, 0.717) is 19.1 Å². The minimum absolute atomic E-state index is 0. The van der Waals surface area contributed by atoms with E-state index in [1.54, 1.807) is 18.2 Å². The lowest BCUT2D eigenvalue weighted by Crippen LogP contribution is -2.48. The Morgan fingerprint density at radius 3 is 2.72 bits per heavy atom. The van der Waals surface area contributed by atoms with E-state index >= 15 is 0 Å². The molecule has 2 heterocycles. The van der Waals surface area contributed by atoms with Crippen LogP contribution >= 0.6 is 24.0 Å². The molecule has 7 nitrogen and oxygen atoms in total.